The number of hydrogen-bond donors (Lipinski definition) is 0. The molecule has 2 unspecified atom stereocenters. The summed E-state index contributed by atoms with van der Waals surface area (Å²) < 4.78 is 44.7. The van der Waals surface area contributed by atoms with Crippen molar-refractivity contribution in [2.75, 3.05) is 19.8 Å². The molecule has 0 amide bonds. The zero-order chi connectivity index (χ0) is 14.9. The molecule has 0 aromatic heterocycles. The van der Waals surface area contributed by atoms with Crippen LogP contribution in [0.25, 0.3) is 0 Å². The van der Waals surface area contributed by atoms with Gasteiger partial charge in [0.25, 0.3) is 0 Å². The molecule has 2 atom stereocenters. The molecule has 2 heterocycles. The minimum Gasteiger partial charge on any atom is -0.484 e. The summed E-state index contributed by atoms with van der Waals surface area (Å²) in [4.78, 5) is 0. The van der Waals surface area contributed by atoms with Gasteiger partial charge in [0.05, 0.1) is 18.8 Å². The number of alkyl halides is 1. The van der Waals surface area contributed by atoms with Crippen LogP contribution in [-0.4, -0.2) is 31.5 Å². The summed E-state index contributed by atoms with van der Waals surface area (Å²) >= 11 is 3.18. The van der Waals surface area contributed by atoms with Crippen LogP contribution < -0.4 is 4.74 Å². The zero-order valence-electron chi connectivity index (χ0n) is 11.5. The molecular formula is C15H17BrF2O3. The zero-order valence-corrected chi connectivity index (χ0v) is 13.1. The predicted molar refractivity (Wildman–Crippen MR) is 76.8 cm³/mol. The standard InChI is InChI=1S/C15H17BrF2O3/c16-8-10-5-12(17)14(13(18)6-10)21-11-1-3-20-15(7-11)2-4-19-9-15/h5-6,11H,1-4,7-9H2. The Hall–Kier alpha value is -0.720. The fourth-order valence-corrected chi connectivity index (χ4v) is 3.24. The van der Waals surface area contributed by atoms with E-state index in [0.717, 1.165) is 6.42 Å². The number of halogens is 3. The van der Waals surface area contributed by atoms with Gasteiger partial charge >= 0.3 is 0 Å². The van der Waals surface area contributed by atoms with E-state index in [4.69, 9.17) is 14.2 Å². The molecule has 116 valence electrons. The molecule has 3 nitrogen and oxygen atoms in total. The van der Waals surface area contributed by atoms with Crippen LogP contribution in [0.15, 0.2) is 12.1 Å². The van der Waals surface area contributed by atoms with Crippen molar-refractivity contribution in [3.8, 4) is 5.75 Å². The average Bonchev–Trinajstić information content (AvgIpc) is 2.90. The normalized spacial score (nSPS) is 29.0. The molecule has 3 rings (SSSR count). The fraction of sp³-hybridized carbons (Fsp3) is 0.600. The number of ether oxygens (including phenoxy) is 3. The van der Waals surface area contributed by atoms with Crippen LogP contribution in [0.4, 0.5) is 8.78 Å². The SMILES string of the molecule is Fc1cc(CBr)cc(F)c1OC1CCOC2(CCOC2)C1. The smallest absolute Gasteiger partial charge is 0.191 e. The van der Waals surface area contributed by atoms with Gasteiger partial charge in [-0.05, 0) is 17.7 Å². The molecule has 0 bridgehead atoms. The first-order valence-electron chi connectivity index (χ1n) is 7.04. The van der Waals surface area contributed by atoms with Crippen molar-refractivity contribution in [3.05, 3.63) is 29.3 Å². The van der Waals surface area contributed by atoms with E-state index in [9.17, 15) is 8.78 Å². The summed E-state index contributed by atoms with van der Waals surface area (Å²) in [5.41, 5.74) is 0.205. The highest BCUT2D eigenvalue weighted by Crippen LogP contribution is 2.35. The Labute approximate surface area is 130 Å². The molecule has 2 saturated heterocycles. The topological polar surface area (TPSA) is 27.7 Å². The Kier molecular flexibility index (Phi) is 4.47. The highest BCUT2D eigenvalue weighted by atomic mass is 79.9. The second-order valence-corrected chi connectivity index (χ2v) is 6.15. The lowest BCUT2D eigenvalue weighted by atomic mass is 9.91. The van der Waals surface area contributed by atoms with Gasteiger partial charge in [0.1, 0.15) is 6.10 Å². The minimum absolute atomic E-state index is 0.251. The van der Waals surface area contributed by atoms with Crippen molar-refractivity contribution in [3.63, 3.8) is 0 Å². The van der Waals surface area contributed by atoms with E-state index in [1.165, 1.54) is 12.1 Å². The monoisotopic (exact) mass is 362 g/mol. The van der Waals surface area contributed by atoms with E-state index < -0.39 is 11.6 Å². The summed E-state index contributed by atoms with van der Waals surface area (Å²) in [5.74, 6) is -1.61. The van der Waals surface area contributed by atoms with Crippen molar-refractivity contribution in [1.29, 1.82) is 0 Å². The number of benzene rings is 1. The lowest BCUT2D eigenvalue weighted by Gasteiger charge is -2.37. The lowest BCUT2D eigenvalue weighted by Crippen LogP contribution is -2.44. The van der Waals surface area contributed by atoms with E-state index in [1.807, 2.05) is 0 Å². The van der Waals surface area contributed by atoms with E-state index in [1.54, 1.807) is 0 Å². The summed E-state index contributed by atoms with van der Waals surface area (Å²) in [6.07, 6.45) is 1.78. The maximum Gasteiger partial charge on any atom is 0.191 e. The van der Waals surface area contributed by atoms with Gasteiger partial charge in [-0.15, -0.1) is 0 Å². The second-order valence-electron chi connectivity index (χ2n) is 5.59. The average molecular weight is 363 g/mol. The predicted octanol–water partition coefficient (Wildman–Crippen LogP) is 3.58. The Morgan fingerprint density at radius 2 is 2.05 bits per heavy atom. The highest BCUT2D eigenvalue weighted by molar-refractivity contribution is 9.08. The molecule has 1 spiro atoms. The first-order valence-corrected chi connectivity index (χ1v) is 8.16. The Balaban J connectivity index is 1.74. The molecule has 1 aromatic rings. The second kappa shape index (κ2) is 6.18. The molecule has 0 N–H and O–H groups in total. The summed E-state index contributed by atoms with van der Waals surface area (Å²) in [6, 6.07) is 2.59. The quantitative estimate of drug-likeness (QED) is 0.769. The van der Waals surface area contributed by atoms with Gasteiger partial charge in [0.2, 0.25) is 0 Å². The first-order chi connectivity index (χ1) is 10.1. The molecule has 0 aliphatic carbocycles. The third-order valence-corrected chi connectivity index (χ3v) is 4.66. The van der Waals surface area contributed by atoms with Gasteiger partial charge in [-0.1, -0.05) is 15.9 Å². The van der Waals surface area contributed by atoms with Crippen molar-refractivity contribution in [2.45, 2.75) is 36.3 Å². The molecule has 0 saturated carbocycles. The highest BCUT2D eigenvalue weighted by Gasteiger charge is 2.42. The molecule has 1 aromatic carbocycles. The van der Waals surface area contributed by atoms with E-state index in [0.29, 0.717) is 43.6 Å². The van der Waals surface area contributed by atoms with Gasteiger partial charge < -0.3 is 14.2 Å². The van der Waals surface area contributed by atoms with Gasteiger partial charge in [0, 0.05) is 31.2 Å². The Morgan fingerprint density at radius 3 is 2.67 bits per heavy atom. The van der Waals surface area contributed by atoms with Gasteiger partial charge in [-0.2, -0.15) is 0 Å². The van der Waals surface area contributed by atoms with Gasteiger partial charge in [-0.3, -0.25) is 0 Å². The third kappa shape index (κ3) is 3.22. The van der Waals surface area contributed by atoms with Crippen LogP contribution in [-0.2, 0) is 14.8 Å². The fourth-order valence-electron chi connectivity index (χ4n) is 2.92. The number of hydrogen-bond acceptors (Lipinski definition) is 3. The molecule has 0 radical (unpaired) electrons. The maximum absolute atomic E-state index is 14.0. The number of rotatable bonds is 3. The molecule has 21 heavy (non-hydrogen) atoms. The minimum atomic E-state index is -0.660. The third-order valence-electron chi connectivity index (χ3n) is 4.01. The van der Waals surface area contributed by atoms with Crippen LogP contribution in [0.5, 0.6) is 5.75 Å². The van der Waals surface area contributed by atoms with Crippen LogP contribution in [0.1, 0.15) is 24.8 Å². The molecule has 2 aliphatic rings. The maximum atomic E-state index is 14.0. The van der Waals surface area contributed by atoms with E-state index in [2.05, 4.69) is 15.9 Å². The van der Waals surface area contributed by atoms with Crippen LogP contribution in [0.2, 0.25) is 0 Å². The largest absolute Gasteiger partial charge is 0.484 e. The van der Waals surface area contributed by atoms with Crippen LogP contribution >= 0.6 is 15.9 Å². The summed E-state index contributed by atoms with van der Waals surface area (Å²) in [6.45, 7) is 1.71. The van der Waals surface area contributed by atoms with Crippen LogP contribution in [0, 0.1) is 11.6 Å². The van der Waals surface area contributed by atoms with Crippen molar-refractivity contribution in [1.82, 2.24) is 0 Å². The van der Waals surface area contributed by atoms with Gasteiger partial charge in [-0.25, -0.2) is 8.78 Å². The molecule has 2 aliphatic heterocycles. The molecular weight excluding hydrogens is 346 g/mol. The van der Waals surface area contributed by atoms with Crippen molar-refractivity contribution in [2.24, 2.45) is 0 Å². The van der Waals surface area contributed by atoms with Gasteiger partial charge in [0.15, 0.2) is 17.4 Å². The van der Waals surface area contributed by atoms with E-state index in [-0.39, 0.29) is 17.5 Å². The van der Waals surface area contributed by atoms with Crippen LogP contribution in [0.3, 0.4) is 0 Å². The Bertz CT molecular complexity index is 495. The lowest BCUT2D eigenvalue weighted by molar-refractivity contribution is -0.113. The summed E-state index contributed by atoms with van der Waals surface area (Å²) in [7, 11) is 0. The molecule has 2 fully saturated rings. The van der Waals surface area contributed by atoms with Crippen molar-refractivity contribution < 1.29 is 23.0 Å². The summed E-state index contributed by atoms with van der Waals surface area (Å²) in [5, 5.41) is 0.402. The first kappa shape index (κ1) is 15.2. The van der Waals surface area contributed by atoms with E-state index >= 15 is 0 Å². The molecule has 6 heteroatoms. The van der Waals surface area contributed by atoms with Crippen molar-refractivity contribution >= 4 is 15.9 Å². The Morgan fingerprint density at radius 1 is 1.29 bits per heavy atom.